The summed E-state index contributed by atoms with van der Waals surface area (Å²) in [7, 11) is 0. The summed E-state index contributed by atoms with van der Waals surface area (Å²) in [5.74, 6) is -0.351. The first-order chi connectivity index (χ1) is 8.67. The van der Waals surface area contributed by atoms with Crippen LogP contribution in [-0.2, 0) is 11.2 Å². The van der Waals surface area contributed by atoms with Crippen molar-refractivity contribution < 1.29 is 23.1 Å². The molecule has 0 saturated carbocycles. The molecule has 1 aromatic rings. The van der Waals surface area contributed by atoms with Crippen molar-refractivity contribution in [3.05, 3.63) is 10.6 Å². The average molecular weight is 314 g/mol. The minimum absolute atomic E-state index is 0.0331. The molecule has 0 unspecified atom stereocenters. The van der Waals surface area contributed by atoms with Crippen LogP contribution in [-0.4, -0.2) is 34.2 Å². The third-order valence-corrected chi connectivity index (χ3v) is 3.94. The third kappa shape index (κ3) is 6.26. The highest BCUT2D eigenvalue weighted by molar-refractivity contribution is 8.01. The number of nitrogens with zero attached hydrogens (tertiary/aromatic N) is 1. The number of thioether (sulfide) groups is 1. The fraction of sp³-hybridized carbons (Fsp3) is 0.600. The normalized spacial score (nSPS) is 13.4. The van der Waals surface area contributed by atoms with E-state index in [1.54, 1.807) is 6.92 Å². The van der Waals surface area contributed by atoms with Crippen LogP contribution in [0.25, 0.3) is 0 Å². The predicted octanol–water partition coefficient (Wildman–Crippen LogP) is 2.10. The molecule has 9 heteroatoms. The zero-order valence-electron chi connectivity index (χ0n) is 10.2. The quantitative estimate of drug-likeness (QED) is 0.817. The number of hydrogen-bond donors (Lipinski definition) is 2. The summed E-state index contributed by atoms with van der Waals surface area (Å²) in [6, 6.07) is 0. The van der Waals surface area contributed by atoms with Crippen molar-refractivity contribution in [3.63, 3.8) is 0 Å². The Hall–Kier alpha value is -0.800. The smallest absolute Gasteiger partial charge is 0.392 e. The average Bonchev–Trinajstić information content (AvgIpc) is 2.53. The topological polar surface area (TPSA) is 62.2 Å². The SMILES string of the molecule is Cc1nc(SC(F)(F)F)sc1CC(=O)NC[C@@H](C)O. The van der Waals surface area contributed by atoms with Gasteiger partial charge in [0.05, 0.1) is 18.2 Å². The Balaban J connectivity index is 2.61. The number of hydrogen-bond acceptors (Lipinski definition) is 5. The van der Waals surface area contributed by atoms with Gasteiger partial charge in [-0.25, -0.2) is 4.98 Å². The van der Waals surface area contributed by atoms with Crippen LogP contribution in [0, 0.1) is 6.92 Å². The maximum absolute atomic E-state index is 12.2. The van der Waals surface area contributed by atoms with Crippen molar-refractivity contribution in [2.45, 2.75) is 36.2 Å². The number of thiazole rings is 1. The Labute approximate surface area is 116 Å². The number of nitrogens with one attached hydrogen (secondary N) is 1. The Bertz CT molecular complexity index is 446. The van der Waals surface area contributed by atoms with Crippen LogP contribution in [0.3, 0.4) is 0 Å². The van der Waals surface area contributed by atoms with E-state index < -0.39 is 11.6 Å². The molecule has 1 atom stereocenters. The third-order valence-electron chi connectivity index (χ3n) is 1.99. The van der Waals surface area contributed by atoms with E-state index in [-0.39, 0.29) is 35.0 Å². The highest BCUT2D eigenvalue weighted by atomic mass is 32.2. The van der Waals surface area contributed by atoms with Gasteiger partial charge < -0.3 is 10.4 Å². The minimum Gasteiger partial charge on any atom is -0.392 e. The molecule has 0 spiro atoms. The summed E-state index contributed by atoms with van der Waals surface area (Å²) >= 11 is 0.574. The second kappa shape index (κ2) is 6.58. The summed E-state index contributed by atoms with van der Waals surface area (Å²) in [5.41, 5.74) is -3.96. The molecule has 0 fully saturated rings. The Morgan fingerprint density at radius 2 is 2.21 bits per heavy atom. The van der Waals surface area contributed by atoms with E-state index in [0.717, 1.165) is 11.3 Å². The van der Waals surface area contributed by atoms with E-state index in [1.165, 1.54) is 6.92 Å². The first-order valence-electron chi connectivity index (χ1n) is 5.34. The number of aromatic nitrogens is 1. The number of aliphatic hydroxyl groups is 1. The summed E-state index contributed by atoms with van der Waals surface area (Å²) < 4.78 is 36.4. The molecule has 1 aromatic heterocycles. The molecule has 0 saturated heterocycles. The summed E-state index contributed by atoms with van der Waals surface area (Å²) in [5, 5.41) is 11.5. The number of halogens is 3. The number of carbonyl (C=O) groups excluding carboxylic acids is 1. The number of rotatable bonds is 5. The molecule has 0 radical (unpaired) electrons. The molecule has 108 valence electrons. The van der Waals surface area contributed by atoms with Crippen LogP contribution in [0.2, 0.25) is 0 Å². The largest absolute Gasteiger partial charge is 0.448 e. The number of alkyl halides is 3. The van der Waals surface area contributed by atoms with Crippen molar-refractivity contribution in [2.24, 2.45) is 0 Å². The predicted molar refractivity (Wildman–Crippen MR) is 67.2 cm³/mol. The Morgan fingerprint density at radius 3 is 2.74 bits per heavy atom. The van der Waals surface area contributed by atoms with Crippen LogP contribution >= 0.6 is 23.1 Å². The number of aliphatic hydroxyl groups excluding tert-OH is 1. The maximum atomic E-state index is 12.2. The molecule has 1 rings (SSSR count). The van der Waals surface area contributed by atoms with Crippen LogP contribution in [0.5, 0.6) is 0 Å². The fourth-order valence-corrected chi connectivity index (χ4v) is 3.10. The molecule has 19 heavy (non-hydrogen) atoms. The van der Waals surface area contributed by atoms with Crippen LogP contribution in [0.4, 0.5) is 13.2 Å². The van der Waals surface area contributed by atoms with Gasteiger partial charge in [0, 0.05) is 23.2 Å². The summed E-state index contributed by atoms with van der Waals surface area (Å²) in [6.07, 6.45) is -0.697. The highest BCUT2D eigenvalue weighted by Crippen LogP contribution is 2.39. The van der Waals surface area contributed by atoms with Crippen molar-refractivity contribution in [2.75, 3.05) is 6.54 Å². The second-order valence-electron chi connectivity index (χ2n) is 3.87. The lowest BCUT2D eigenvalue weighted by molar-refractivity contribution is -0.120. The van der Waals surface area contributed by atoms with E-state index in [0.29, 0.717) is 10.6 Å². The molecule has 1 heterocycles. The number of aryl methyl sites for hydroxylation is 1. The molecule has 1 amide bonds. The summed E-state index contributed by atoms with van der Waals surface area (Å²) in [6.45, 7) is 3.20. The number of amides is 1. The van der Waals surface area contributed by atoms with Gasteiger partial charge in [0.1, 0.15) is 0 Å². The molecule has 0 bridgehead atoms. The lowest BCUT2D eigenvalue weighted by Gasteiger charge is -2.06. The molecule has 0 aliphatic rings. The Morgan fingerprint density at radius 1 is 1.58 bits per heavy atom. The van der Waals surface area contributed by atoms with Gasteiger partial charge in [0.15, 0.2) is 4.34 Å². The summed E-state index contributed by atoms with van der Waals surface area (Å²) in [4.78, 5) is 15.8. The molecule has 0 aliphatic heterocycles. The van der Waals surface area contributed by atoms with E-state index in [9.17, 15) is 18.0 Å². The minimum atomic E-state index is -4.38. The molecule has 0 aliphatic carbocycles. The lowest BCUT2D eigenvalue weighted by Crippen LogP contribution is -2.31. The van der Waals surface area contributed by atoms with Gasteiger partial charge in [-0.05, 0) is 13.8 Å². The van der Waals surface area contributed by atoms with E-state index in [1.807, 2.05) is 0 Å². The van der Waals surface area contributed by atoms with Gasteiger partial charge in [-0.3, -0.25) is 4.79 Å². The van der Waals surface area contributed by atoms with Gasteiger partial charge in [-0.2, -0.15) is 13.2 Å². The fourth-order valence-electron chi connectivity index (χ4n) is 1.18. The van der Waals surface area contributed by atoms with Crippen molar-refractivity contribution >= 4 is 29.0 Å². The van der Waals surface area contributed by atoms with Crippen molar-refractivity contribution in [1.29, 1.82) is 0 Å². The van der Waals surface area contributed by atoms with Gasteiger partial charge in [-0.1, -0.05) is 0 Å². The zero-order chi connectivity index (χ0) is 14.6. The standard InChI is InChI=1S/C10H13F3N2O2S2/c1-5(16)4-14-8(17)3-7-6(2)15-9(18-7)19-10(11,12)13/h5,16H,3-4H2,1-2H3,(H,14,17)/t5-/m1/s1. The van der Waals surface area contributed by atoms with Gasteiger partial charge in [-0.15, -0.1) is 11.3 Å². The maximum Gasteiger partial charge on any atom is 0.448 e. The van der Waals surface area contributed by atoms with Crippen molar-refractivity contribution in [3.8, 4) is 0 Å². The number of carbonyl (C=O) groups is 1. The van der Waals surface area contributed by atoms with Gasteiger partial charge in [0.2, 0.25) is 5.91 Å². The molecular formula is C10H13F3N2O2S2. The van der Waals surface area contributed by atoms with E-state index in [2.05, 4.69) is 10.3 Å². The second-order valence-corrected chi connectivity index (χ2v) is 6.26. The van der Waals surface area contributed by atoms with Gasteiger partial charge >= 0.3 is 5.51 Å². The van der Waals surface area contributed by atoms with E-state index >= 15 is 0 Å². The van der Waals surface area contributed by atoms with Crippen LogP contribution in [0.1, 0.15) is 17.5 Å². The first kappa shape index (κ1) is 16.3. The van der Waals surface area contributed by atoms with Crippen LogP contribution in [0.15, 0.2) is 4.34 Å². The van der Waals surface area contributed by atoms with Gasteiger partial charge in [0.25, 0.3) is 0 Å². The zero-order valence-corrected chi connectivity index (χ0v) is 11.9. The lowest BCUT2D eigenvalue weighted by atomic mass is 10.3. The van der Waals surface area contributed by atoms with E-state index in [4.69, 9.17) is 5.11 Å². The van der Waals surface area contributed by atoms with Crippen molar-refractivity contribution in [1.82, 2.24) is 10.3 Å². The molecule has 2 N–H and O–H groups in total. The van der Waals surface area contributed by atoms with Crippen LogP contribution < -0.4 is 5.32 Å². The molecule has 4 nitrogen and oxygen atoms in total. The molecule has 0 aromatic carbocycles. The molecular weight excluding hydrogens is 301 g/mol. The monoisotopic (exact) mass is 314 g/mol. The Kier molecular flexibility index (Phi) is 5.63. The first-order valence-corrected chi connectivity index (χ1v) is 6.97. The highest BCUT2D eigenvalue weighted by Gasteiger charge is 2.31.